The summed E-state index contributed by atoms with van der Waals surface area (Å²) in [6, 6.07) is 8.12. The Kier molecular flexibility index (Phi) is 4.02. The van der Waals surface area contributed by atoms with E-state index in [0.717, 1.165) is 30.6 Å². The molecular formula is C14H20N2O. The van der Waals surface area contributed by atoms with E-state index in [-0.39, 0.29) is 5.91 Å². The number of hydrogen-bond acceptors (Lipinski definition) is 2. The van der Waals surface area contributed by atoms with E-state index in [0.29, 0.717) is 6.04 Å². The summed E-state index contributed by atoms with van der Waals surface area (Å²) in [5.41, 5.74) is 1.83. The van der Waals surface area contributed by atoms with Crippen molar-refractivity contribution in [2.24, 2.45) is 0 Å². The molecule has 0 saturated heterocycles. The van der Waals surface area contributed by atoms with Crippen molar-refractivity contribution in [1.82, 2.24) is 5.32 Å². The van der Waals surface area contributed by atoms with Crippen molar-refractivity contribution in [2.75, 3.05) is 11.9 Å². The molecule has 1 fully saturated rings. The van der Waals surface area contributed by atoms with Crippen molar-refractivity contribution in [3.63, 3.8) is 0 Å². The van der Waals surface area contributed by atoms with Crippen LogP contribution in [0.3, 0.4) is 0 Å². The van der Waals surface area contributed by atoms with Crippen LogP contribution >= 0.6 is 0 Å². The smallest absolute Gasteiger partial charge is 0.251 e. The van der Waals surface area contributed by atoms with Gasteiger partial charge in [-0.1, -0.05) is 13.3 Å². The number of rotatable bonds is 6. The molecule has 0 bridgehead atoms. The highest BCUT2D eigenvalue weighted by atomic mass is 16.1. The molecule has 1 saturated carbocycles. The normalized spacial score (nSPS) is 14.4. The monoisotopic (exact) mass is 232 g/mol. The number of anilines is 1. The summed E-state index contributed by atoms with van der Waals surface area (Å²) in [5, 5.41) is 6.32. The van der Waals surface area contributed by atoms with Crippen LogP contribution in [0.2, 0.25) is 0 Å². The highest BCUT2D eigenvalue weighted by molar-refractivity contribution is 5.94. The molecular weight excluding hydrogens is 212 g/mol. The molecule has 1 amide bonds. The maximum Gasteiger partial charge on any atom is 0.251 e. The predicted molar refractivity (Wildman–Crippen MR) is 70.3 cm³/mol. The second kappa shape index (κ2) is 5.71. The maximum absolute atomic E-state index is 11.7. The molecule has 1 aliphatic carbocycles. The summed E-state index contributed by atoms with van der Waals surface area (Å²) >= 11 is 0. The lowest BCUT2D eigenvalue weighted by atomic mass is 10.2. The fourth-order valence-corrected chi connectivity index (χ4v) is 1.65. The number of nitrogens with one attached hydrogen (secondary N) is 2. The average molecular weight is 232 g/mol. The Balaban J connectivity index is 1.85. The first kappa shape index (κ1) is 12.0. The molecule has 1 aromatic rings. The summed E-state index contributed by atoms with van der Waals surface area (Å²) in [6.45, 7) is 3.16. The molecule has 0 aliphatic heterocycles. The quantitative estimate of drug-likeness (QED) is 0.740. The van der Waals surface area contributed by atoms with Gasteiger partial charge in [0, 0.05) is 23.8 Å². The Morgan fingerprint density at radius 1 is 1.29 bits per heavy atom. The third kappa shape index (κ3) is 3.77. The van der Waals surface area contributed by atoms with Crippen molar-refractivity contribution in [3.05, 3.63) is 29.8 Å². The fourth-order valence-electron chi connectivity index (χ4n) is 1.65. The van der Waals surface area contributed by atoms with Gasteiger partial charge in [-0.05, 0) is 43.5 Å². The van der Waals surface area contributed by atoms with Crippen LogP contribution in [-0.4, -0.2) is 18.5 Å². The van der Waals surface area contributed by atoms with Crippen molar-refractivity contribution >= 4 is 11.6 Å². The van der Waals surface area contributed by atoms with Gasteiger partial charge in [-0.3, -0.25) is 4.79 Å². The third-order valence-electron chi connectivity index (χ3n) is 2.92. The number of amides is 1. The largest absolute Gasteiger partial charge is 0.385 e. The second-order valence-corrected chi connectivity index (χ2v) is 4.61. The number of carbonyl (C=O) groups excluding carboxylic acids is 1. The molecule has 1 aromatic carbocycles. The number of benzene rings is 1. The predicted octanol–water partition coefficient (Wildman–Crippen LogP) is 2.79. The first-order chi connectivity index (χ1) is 8.29. The summed E-state index contributed by atoms with van der Waals surface area (Å²) in [6.07, 6.45) is 4.61. The van der Waals surface area contributed by atoms with Crippen molar-refractivity contribution in [1.29, 1.82) is 0 Å². The molecule has 3 nitrogen and oxygen atoms in total. The Hall–Kier alpha value is -1.51. The van der Waals surface area contributed by atoms with Crippen LogP contribution in [0, 0.1) is 0 Å². The van der Waals surface area contributed by atoms with Crippen LogP contribution in [0.5, 0.6) is 0 Å². The molecule has 0 atom stereocenters. The van der Waals surface area contributed by atoms with Gasteiger partial charge in [0.15, 0.2) is 0 Å². The number of hydrogen-bond donors (Lipinski definition) is 2. The van der Waals surface area contributed by atoms with Crippen LogP contribution in [0.15, 0.2) is 24.3 Å². The highest BCUT2D eigenvalue weighted by Crippen LogP contribution is 2.19. The molecule has 1 aliphatic rings. The molecule has 0 unspecified atom stereocenters. The Morgan fingerprint density at radius 2 is 2.00 bits per heavy atom. The van der Waals surface area contributed by atoms with Gasteiger partial charge in [0.2, 0.25) is 0 Å². The van der Waals surface area contributed by atoms with E-state index in [1.165, 1.54) is 12.8 Å². The Bertz CT molecular complexity index is 368. The van der Waals surface area contributed by atoms with Gasteiger partial charge >= 0.3 is 0 Å². The van der Waals surface area contributed by atoms with Crippen molar-refractivity contribution in [2.45, 2.75) is 38.6 Å². The van der Waals surface area contributed by atoms with Gasteiger partial charge in [-0.15, -0.1) is 0 Å². The van der Waals surface area contributed by atoms with Gasteiger partial charge in [0.1, 0.15) is 0 Å². The van der Waals surface area contributed by atoms with Crippen LogP contribution in [0.4, 0.5) is 5.69 Å². The molecule has 17 heavy (non-hydrogen) atoms. The molecule has 0 heterocycles. The van der Waals surface area contributed by atoms with E-state index < -0.39 is 0 Å². The molecule has 3 heteroatoms. The van der Waals surface area contributed by atoms with Crippen molar-refractivity contribution < 1.29 is 4.79 Å². The number of carbonyl (C=O) groups is 1. The van der Waals surface area contributed by atoms with E-state index in [1.807, 2.05) is 24.3 Å². The third-order valence-corrected chi connectivity index (χ3v) is 2.92. The summed E-state index contributed by atoms with van der Waals surface area (Å²) in [7, 11) is 0. The summed E-state index contributed by atoms with van der Waals surface area (Å²) < 4.78 is 0. The Labute approximate surface area is 103 Å². The van der Waals surface area contributed by atoms with Gasteiger partial charge in [-0.25, -0.2) is 0 Å². The maximum atomic E-state index is 11.7. The zero-order valence-electron chi connectivity index (χ0n) is 10.3. The van der Waals surface area contributed by atoms with E-state index in [1.54, 1.807) is 0 Å². The SMILES string of the molecule is CCCCNc1ccc(C(=O)NC2CC2)cc1. The minimum Gasteiger partial charge on any atom is -0.385 e. The van der Waals surface area contributed by atoms with Gasteiger partial charge < -0.3 is 10.6 Å². The molecule has 92 valence electrons. The Morgan fingerprint density at radius 3 is 2.59 bits per heavy atom. The fraction of sp³-hybridized carbons (Fsp3) is 0.500. The van der Waals surface area contributed by atoms with E-state index in [4.69, 9.17) is 0 Å². The van der Waals surface area contributed by atoms with Crippen LogP contribution in [0.1, 0.15) is 43.0 Å². The van der Waals surface area contributed by atoms with E-state index in [9.17, 15) is 4.79 Å². The van der Waals surface area contributed by atoms with Crippen LogP contribution in [-0.2, 0) is 0 Å². The lowest BCUT2D eigenvalue weighted by Gasteiger charge is -2.07. The average Bonchev–Trinajstić information content (AvgIpc) is 3.14. The van der Waals surface area contributed by atoms with E-state index >= 15 is 0 Å². The lowest BCUT2D eigenvalue weighted by molar-refractivity contribution is 0.0951. The van der Waals surface area contributed by atoms with Gasteiger partial charge in [-0.2, -0.15) is 0 Å². The van der Waals surface area contributed by atoms with Gasteiger partial charge in [0.25, 0.3) is 5.91 Å². The van der Waals surface area contributed by atoms with Crippen LogP contribution < -0.4 is 10.6 Å². The van der Waals surface area contributed by atoms with Gasteiger partial charge in [0.05, 0.1) is 0 Å². The van der Waals surface area contributed by atoms with Crippen LogP contribution in [0.25, 0.3) is 0 Å². The minimum atomic E-state index is 0.0487. The standard InChI is InChI=1S/C14H20N2O/c1-2-3-10-15-12-6-4-11(5-7-12)14(17)16-13-8-9-13/h4-7,13,15H,2-3,8-10H2,1H3,(H,16,17). The first-order valence-electron chi connectivity index (χ1n) is 6.44. The molecule has 0 spiro atoms. The topological polar surface area (TPSA) is 41.1 Å². The minimum absolute atomic E-state index is 0.0487. The molecule has 2 rings (SSSR count). The first-order valence-corrected chi connectivity index (χ1v) is 6.44. The second-order valence-electron chi connectivity index (χ2n) is 4.61. The lowest BCUT2D eigenvalue weighted by Crippen LogP contribution is -2.25. The summed E-state index contributed by atoms with van der Waals surface area (Å²) in [5.74, 6) is 0.0487. The molecule has 2 N–H and O–H groups in total. The van der Waals surface area contributed by atoms with E-state index in [2.05, 4.69) is 17.6 Å². The zero-order chi connectivity index (χ0) is 12.1. The number of unbranched alkanes of at least 4 members (excludes halogenated alkanes) is 1. The zero-order valence-corrected chi connectivity index (χ0v) is 10.3. The highest BCUT2D eigenvalue weighted by Gasteiger charge is 2.23. The summed E-state index contributed by atoms with van der Waals surface area (Å²) in [4.78, 5) is 11.7. The molecule has 0 aromatic heterocycles. The molecule has 0 radical (unpaired) electrons. The van der Waals surface area contributed by atoms with Crippen molar-refractivity contribution in [3.8, 4) is 0 Å².